The van der Waals surface area contributed by atoms with Gasteiger partial charge in [0.15, 0.2) is 5.11 Å². The van der Waals surface area contributed by atoms with E-state index in [1.807, 2.05) is 18.2 Å². The third-order valence-electron chi connectivity index (χ3n) is 3.46. The van der Waals surface area contributed by atoms with Crippen LogP contribution in [0.4, 0.5) is 5.69 Å². The van der Waals surface area contributed by atoms with Gasteiger partial charge in [-0.1, -0.05) is 18.2 Å². The van der Waals surface area contributed by atoms with E-state index in [-0.39, 0.29) is 0 Å². The van der Waals surface area contributed by atoms with E-state index in [0.29, 0.717) is 5.11 Å². The van der Waals surface area contributed by atoms with E-state index >= 15 is 0 Å². The third kappa shape index (κ3) is 3.78. The second-order valence-corrected chi connectivity index (χ2v) is 6.65. The molecule has 22 heavy (non-hydrogen) atoms. The number of hydrogen-bond acceptors (Lipinski definition) is 1. The first-order valence-electron chi connectivity index (χ1n) is 7.08. The summed E-state index contributed by atoms with van der Waals surface area (Å²) in [6.07, 6.45) is 3.00. The van der Waals surface area contributed by atoms with E-state index in [0.717, 1.165) is 18.7 Å². The van der Waals surface area contributed by atoms with Crippen LogP contribution in [0.1, 0.15) is 5.56 Å². The van der Waals surface area contributed by atoms with E-state index in [1.165, 1.54) is 20.0 Å². The van der Waals surface area contributed by atoms with Gasteiger partial charge >= 0.3 is 0 Å². The predicted molar refractivity (Wildman–Crippen MR) is 105 cm³/mol. The van der Waals surface area contributed by atoms with Gasteiger partial charge in [0.1, 0.15) is 0 Å². The molecule has 0 spiro atoms. The number of para-hydroxylation sites is 1. The molecule has 3 nitrogen and oxygen atoms in total. The Balaban J connectivity index is 1.52. The summed E-state index contributed by atoms with van der Waals surface area (Å²) < 4.78 is 1.21. The molecule has 0 radical (unpaired) electrons. The van der Waals surface area contributed by atoms with Crippen molar-refractivity contribution in [2.75, 3.05) is 11.9 Å². The highest BCUT2D eigenvalue weighted by Crippen LogP contribution is 2.17. The van der Waals surface area contributed by atoms with Crippen molar-refractivity contribution in [3.05, 3.63) is 63.9 Å². The number of benzene rings is 2. The van der Waals surface area contributed by atoms with Gasteiger partial charge in [0.2, 0.25) is 0 Å². The molecule has 5 heteroatoms. The van der Waals surface area contributed by atoms with Gasteiger partial charge in [-0.25, -0.2) is 0 Å². The molecule has 0 amide bonds. The number of aromatic nitrogens is 1. The van der Waals surface area contributed by atoms with Crippen molar-refractivity contribution in [2.24, 2.45) is 0 Å². The number of halogens is 1. The second-order valence-electron chi connectivity index (χ2n) is 5.00. The Bertz CT molecular complexity index is 780. The molecule has 0 aliphatic rings. The average Bonchev–Trinajstić information content (AvgIpc) is 2.93. The highest BCUT2D eigenvalue weighted by Gasteiger charge is 2.03. The summed E-state index contributed by atoms with van der Waals surface area (Å²) in [6.45, 7) is 0.804. The molecule has 0 saturated heterocycles. The number of nitrogens with one attached hydrogen (secondary N) is 3. The first-order valence-corrected chi connectivity index (χ1v) is 8.56. The Morgan fingerprint density at radius 3 is 2.68 bits per heavy atom. The van der Waals surface area contributed by atoms with Crippen LogP contribution < -0.4 is 10.6 Å². The first-order chi connectivity index (χ1) is 10.7. The zero-order valence-electron chi connectivity index (χ0n) is 11.9. The molecule has 0 aliphatic carbocycles. The van der Waals surface area contributed by atoms with Crippen molar-refractivity contribution >= 4 is 56.5 Å². The van der Waals surface area contributed by atoms with Crippen LogP contribution >= 0.6 is 34.8 Å². The lowest BCUT2D eigenvalue weighted by Gasteiger charge is -2.10. The Labute approximate surface area is 148 Å². The van der Waals surface area contributed by atoms with Crippen molar-refractivity contribution in [2.45, 2.75) is 6.42 Å². The quantitative estimate of drug-likeness (QED) is 0.435. The van der Waals surface area contributed by atoms with Crippen LogP contribution in [0.5, 0.6) is 0 Å². The van der Waals surface area contributed by atoms with Gasteiger partial charge in [-0.2, -0.15) is 0 Å². The Kier molecular flexibility index (Phi) is 4.94. The summed E-state index contributed by atoms with van der Waals surface area (Å²) in [4.78, 5) is 3.29. The fourth-order valence-corrected chi connectivity index (χ4v) is 2.94. The van der Waals surface area contributed by atoms with Crippen molar-refractivity contribution < 1.29 is 0 Å². The SMILES string of the molecule is S=C(NCCc1c[nH]c2ccccc12)Nc1ccc(I)cc1. The lowest BCUT2D eigenvalue weighted by atomic mass is 10.1. The standard InChI is InChI=1S/C17H16IN3S/c18-13-5-7-14(8-6-13)21-17(22)19-10-9-12-11-20-16-4-2-1-3-15(12)16/h1-8,11,20H,9-10H2,(H2,19,21,22). The van der Waals surface area contributed by atoms with Crippen LogP contribution in [0, 0.1) is 3.57 Å². The first kappa shape index (κ1) is 15.3. The molecule has 3 N–H and O–H groups in total. The van der Waals surface area contributed by atoms with E-state index in [4.69, 9.17) is 12.2 Å². The maximum absolute atomic E-state index is 5.33. The maximum Gasteiger partial charge on any atom is 0.170 e. The molecule has 3 aromatic rings. The topological polar surface area (TPSA) is 39.9 Å². The van der Waals surface area contributed by atoms with Crippen molar-refractivity contribution in [1.82, 2.24) is 10.3 Å². The molecule has 2 aromatic carbocycles. The molecule has 0 atom stereocenters. The molecular weight excluding hydrogens is 405 g/mol. The van der Waals surface area contributed by atoms with Crippen LogP contribution in [0.2, 0.25) is 0 Å². The normalized spacial score (nSPS) is 10.6. The molecule has 1 aromatic heterocycles. The lowest BCUT2D eigenvalue weighted by Crippen LogP contribution is -2.30. The van der Waals surface area contributed by atoms with Gasteiger partial charge in [-0.15, -0.1) is 0 Å². The summed E-state index contributed by atoms with van der Waals surface area (Å²) in [5.74, 6) is 0. The monoisotopic (exact) mass is 421 g/mol. The van der Waals surface area contributed by atoms with Gasteiger partial charge in [0.05, 0.1) is 0 Å². The lowest BCUT2D eigenvalue weighted by molar-refractivity contribution is 0.878. The van der Waals surface area contributed by atoms with Crippen LogP contribution in [0.25, 0.3) is 10.9 Å². The van der Waals surface area contributed by atoms with E-state index < -0.39 is 0 Å². The van der Waals surface area contributed by atoms with Gasteiger partial charge in [0, 0.05) is 32.9 Å². The molecule has 0 bridgehead atoms. The van der Waals surface area contributed by atoms with Crippen LogP contribution in [0.3, 0.4) is 0 Å². The van der Waals surface area contributed by atoms with E-state index in [9.17, 15) is 0 Å². The van der Waals surface area contributed by atoms with Gasteiger partial charge in [-0.05, 0) is 77.1 Å². The zero-order chi connectivity index (χ0) is 15.4. The fourth-order valence-electron chi connectivity index (χ4n) is 2.36. The van der Waals surface area contributed by atoms with Crippen molar-refractivity contribution in [3.63, 3.8) is 0 Å². The van der Waals surface area contributed by atoms with Crippen molar-refractivity contribution in [3.8, 4) is 0 Å². The number of fused-ring (bicyclic) bond motifs is 1. The number of anilines is 1. The van der Waals surface area contributed by atoms with Crippen molar-refractivity contribution in [1.29, 1.82) is 0 Å². The smallest absolute Gasteiger partial charge is 0.170 e. The molecule has 112 valence electrons. The summed E-state index contributed by atoms with van der Waals surface area (Å²) in [6, 6.07) is 16.5. The Morgan fingerprint density at radius 2 is 1.86 bits per heavy atom. The molecule has 1 heterocycles. The molecule has 0 fully saturated rings. The van der Waals surface area contributed by atoms with Crippen LogP contribution in [-0.4, -0.2) is 16.6 Å². The fraction of sp³-hybridized carbons (Fsp3) is 0.118. The number of hydrogen-bond donors (Lipinski definition) is 3. The maximum atomic E-state index is 5.33. The van der Waals surface area contributed by atoms with Crippen LogP contribution in [0.15, 0.2) is 54.7 Å². The Morgan fingerprint density at radius 1 is 1.09 bits per heavy atom. The minimum absolute atomic E-state index is 0.654. The van der Waals surface area contributed by atoms with Gasteiger partial charge < -0.3 is 15.6 Å². The molecular formula is C17H16IN3S. The second kappa shape index (κ2) is 7.11. The summed E-state index contributed by atoms with van der Waals surface area (Å²) in [5.41, 5.74) is 3.49. The Hall–Kier alpha value is -1.60. The summed E-state index contributed by atoms with van der Waals surface area (Å²) >= 11 is 7.61. The minimum Gasteiger partial charge on any atom is -0.362 e. The third-order valence-corrected chi connectivity index (χ3v) is 4.42. The predicted octanol–water partition coefficient (Wildman–Crippen LogP) is 4.30. The highest BCUT2D eigenvalue weighted by molar-refractivity contribution is 14.1. The molecule has 0 aliphatic heterocycles. The van der Waals surface area contributed by atoms with E-state index in [1.54, 1.807) is 0 Å². The number of thiocarbonyl (C=S) groups is 1. The molecule has 0 saturated carbocycles. The number of aromatic amines is 1. The van der Waals surface area contributed by atoms with Crippen LogP contribution in [-0.2, 0) is 6.42 Å². The summed E-state index contributed by atoms with van der Waals surface area (Å²) in [7, 11) is 0. The highest BCUT2D eigenvalue weighted by atomic mass is 127. The molecule has 0 unspecified atom stereocenters. The number of H-pyrrole nitrogens is 1. The minimum atomic E-state index is 0.654. The molecule has 3 rings (SSSR count). The van der Waals surface area contributed by atoms with E-state index in [2.05, 4.69) is 74.7 Å². The summed E-state index contributed by atoms with van der Waals surface area (Å²) in [5, 5.41) is 8.38. The number of rotatable bonds is 4. The largest absolute Gasteiger partial charge is 0.362 e. The van der Waals surface area contributed by atoms with Gasteiger partial charge in [-0.3, -0.25) is 0 Å². The van der Waals surface area contributed by atoms with Gasteiger partial charge in [0.25, 0.3) is 0 Å². The average molecular weight is 421 g/mol. The zero-order valence-corrected chi connectivity index (χ0v) is 14.9.